The highest BCUT2D eigenvalue weighted by molar-refractivity contribution is 6.30. The van der Waals surface area contributed by atoms with Gasteiger partial charge in [-0.25, -0.2) is 4.98 Å². The smallest absolute Gasteiger partial charge is 0.258 e. The predicted octanol–water partition coefficient (Wildman–Crippen LogP) is 4.07. The Kier molecular flexibility index (Phi) is 5.51. The molecule has 0 saturated carbocycles. The molecule has 0 amide bonds. The lowest BCUT2D eigenvalue weighted by Crippen LogP contribution is -2.26. The van der Waals surface area contributed by atoms with E-state index in [1.165, 1.54) is 5.56 Å². The summed E-state index contributed by atoms with van der Waals surface area (Å²) in [5, 5.41) is 0.741. The first-order valence-electron chi connectivity index (χ1n) is 8.51. The van der Waals surface area contributed by atoms with Crippen molar-refractivity contribution >= 4 is 17.2 Å². The summed E-state index contributed by atoms with van der Waals surface area (Å²) >= 11 is 5.96. The van der Waals surface area contributed by atoms with Crippen LogP contribution in [0.15, 0.2) is 53.5 Å². The SMILES string of the molecule is CCCN(Cc1ccc(Cl)cc1)Cc1cc(=O)n2cc(C)ccc2n1. The van der Waals surface area contributed by atoms with Crippen LogP contribution in [0.5, 0.6) is 0 Å². The molecule has 0 atom stereocenters. The molecule has 3 rings (SSSR count). The second-order valence-corrected chi connectivity index (χ2v) is 6.79. The lowest BCUT2D eigenvalue weighted by atomic mass is 10.2. The first-order valence-corrected chi connectivity index (χ1v) is 8.88. The van der Waals surface area contributed by atoms with Crippen LogP contribution in [0.4, 0.5) is 0 Å². The maximum atomic E-state index is 12.4. The van der Waals surface area contributed by atoms with Crippen LogP contribution in [0.3, 0.4) is 0 Å². The van der Waals surface area contributed by atoms with E-state index in [0.717, 1.165) is 35.8 Å². The van der Waals surface area contributed by atoms with Crippen LogP contribution in [0, 0.1) is 6.92 Å². The zero-order valence-electron chi connectivity index (χ0n) is 14.6. The minimum absolute atomic E-state index is 0.0355. The minimum atomic E-state index is -0.0355. The van der Waals surface area contributed by atoms with Crippen molar-refractivity contribution in [2.75, 3.05) is 6.54 Å². The fourth-order valence-electron chi connectivity index (χ4n) is 2.95. The number of fused-ring (bicyclic) bond motifs is 1. The largest absolute Gasteiger partial charge is 0.293 e. The molecule has 130 valence electrons. The number of benzene rings is 1. The zero-order valence-corrected chi connectivity index (χ0v) is 15.3. The van der Waals surface area contributed by atoms with Crippen LogP contribution in [-0.4, -0.2) is 20.8 Å². The van der Waals surface area contributed by atoms with Crippen LogP contribution >= 0.6 is 11.6 Å². The number of pyridine rings is 1. The second-order valence-electron chi connectivity index (χ2n) is 6.36. The van der Waals surface area contributed by atoms with Crippen LogP contribution in [0.1, 0.15) is 30.2 Å². The standard InChI is InChI=1S/C20H22ClN3O/c1-3-10-23(13-16-5-7-17(21)8-6-16)14-18-11-20(25)24-12-15(2)4-9-19(24)22-18/h4-9,11-12H,3,10,13-14H2,1-2H3. The Morgan fingerprint density at radius 3 is 2.60 bits per heavy atom. The van der Waals surface area contributed by atoms with Gasteiger partial charge in [-0.2, -0.15) is 0 Å². The molecular formula is C20H22ClN3O. The van der Waals surface area contributed by atoms with E-state index < -0.39 is 0 Å². The van der Waals surface area contributed by atoms with Crippen molar-refractivity contribution in [1.29, 1.82) is 0 Å². The zero-order chi connectivity index (χ0) is 17.8. The van der Waals surface area contributed by atoms with Crippen LogP contribution in [0.25, 0.3) is 5.65 Å². The van der Waals surface area contributed by atoms with Gasteiger partial charge in [0.2, 0.25) is 0 Å². The van der Waals surface area contributed by atoms with E-state index >= 15 is 0 Å². The van der Waals surface area contributed by atoms with Gasteiger partial charge < -0.3 is 0 Å². The Labute approximate surface area is 152 Å². The van der Waals surface area contributed by atoms with Gasteiger partial charge in [-0.3, -0.25) is 14.1 Å². The molecule has 25 heavy (non-hydrogen) atoms. The highest BCUT2D eigenvalue weighted by atomic mass is 35.5. The molecule has 0 radical (unpaired) electrons. The molecule has 0 aliphatic rings. The molecule has 0 N–H and O–H groups in total. The van der Waals surface area contributed by atoms with E-state index in [2.05, 4.69) is 16.8 Å². The van der Waals surface area contributed by atoms with Gasteiger partial charge in [0.1, 0.15) is 5.65 Å². The molecule has 0 bridgehead atoms. The molecule has 0 spiro atoms. The number of aryl methyl sites for hydroxylation is 1. The van der Waals surface area contributed by atoms with Crippen molar-refractivity contribution < 1.29 is 0 Å². The molecule has 4 nitrogen and oxygen atoms in total. The maximum Gasteiger partial charge on any atom is 0.258 e. The molecule has 0 aliphatic heterocycles. The highest BCUT2D eigenvalue weighted by Gasteiger charge is 2.10. The summed E-state index contributed by atoms with van der Waals surface area (Å²) in [4.78, 5) is 19.3. The summed E-state index contributed by atoms with van der Waals surface area (Å²) in [6.45, 7) is 6.52. The van der Waals surface area contributed by atoms with Gasteiger partial charge in [-0.05, 0) is 49.2 Å². The van der Waals surface area contributed by atoms with E-state index in [4.69, 9.17) is 11.6 Å². The fourth-order valence-corrected chi connectivity index (χ4v) is 3.07. The van der Waals surface area contributed by atoms with Crippen molar-refractivity contribution in [3.63, 3.8) is 0 Å². The number of halogens is 1. The predicted molar refractivity (Wildman–Crippen MR) is 102 cm³/mol. The summed E-state index contributed by atoms with van der Waals surface area (Å²) in [7, 11) is 0. The summed E-state index contributed by atoms with van der Waals surface area (Å²) in [6.07, 6.45) is 2.87. The molecule has 0 fully saturated rings. The number of hydrogen-bond donors (Lipinski definition) is 0. The van der Waals surface area contributed by atoms with Crippen molar-refractivity contribution in [2.45, 2.75) is 33.4 Å². The third-order valence-corrected chi connectivity index (χ3v) is 4.36. The Bertz CT molecular complexity index is 918. The molecule has 1 aromatic carbocycles. The van der Waals surface area contributed by atoms with E-state index in [-0.39, 0.29) is 5.56 Å². The van der Waals surface area contributed by atoms with Gasteiger partial charge in [-0.1, -0.05) is 36.7 Å². The molecule has 0 unspecified atom stereocenters. The average molecular weight is 356 g/mol. The Morgan fingerprint density at radius 2 is 1.88 bits per heavy atom. The summed E-state index contributed by atoms with van der Waals surface area (Å²) in [5.41, 5.74) is 3.70. The van der Waals surface area contributed by atoms with Gasteiger partial charge in [-0.15, -0.1) is 0 Å². The summed E-state index contributed by atoms with van der Waals surface area (Å²) < 4.78 is 1.60. The molecule has 2 aromatic heterocycles. The third-order valence-electron chi connectivity index (χ3n) is 4.11. The Morgan fingerprint density at radius 1 is 1.12 bits per heavy atom. The molecule has 0 aliphatic carbocycles. The van der Waals surface area contributed by atoms with Gasteiger partial charge in [0.15, 0.2) is 0 Å². The maximum absolute atomic E-state index is 12.4. The topological polar surface area (TPSA) is 37.6 Å². The van der Waals surface area contributed by atoms with E-state index in [1.54, 1.807) is 10.5 Å². The van der Waals surface area contributed by atoms with Gasteiger partial charge in [0.05, 0.1) is 5.69 Å². The van der Waals surface area contributed by atoms with Gasteiger partial charge in [0, 0.05) is 30.4 Å². The van der Waals surface area contributed by atoms with Crippen LogP contribution in [0.2, 0.25) is 5.02 Å². The highest BCUT2D eigenvalue weighted by Crippen LogP contribution is 2.13. The Balaban J connectivity index is 1.84. The average Bonchev–Trinajstić information content (AvgIpc) is 2.58. The number of nitrogens with zero attached hydrogens (tertiary/aromatic N) is 3. The van der Waals surface area contributed by atoms with Crippen molar-refractivity contribution in [1.82, 2.24) is 14.3 Å². The summed E-state index contributed by atoms with van der Waals surface area (Å²) in [6, 6.07) is 13.4. The van der Waals surface area contributed by atoms with E-state index in [9.17, 15) is 4.79 Å². The molecular weight excluding hydrogens is 334 g/mol. The van der Waals surface area contributed by atoms with Crippen LogP contribution in [-0.2, 0) is 13.1 Å². The third kappa shape index (κ3) is 4.47. The number of aromatic nitrogens is 2. The fraction of sp³-hybridized carbons (Fsp3) is 0.300. The lowest BCUT2D eigenvalue weighted by Gasteiger charge is -2.21. The van der Waals surface area contributed by atoms with Crippen LogP contribution < -0.4 is 5.56 Å². The van der Waals surface area contributed by atoms with E-state index in [0.29, 0.717) is 12.2 Å². The molecule has 0 saturated heterocycles. The molecule has 5 heteroatoms. The number of hydrogen-bond acceptors (Lipinski definition) is 3. The van der Waals surface area contributed by atoms with E-state index in [1.807, 2.05) is 49.5 Å². The first kappa shape index (κ1) is 17.6. The summed E-state index contributed by atoms with van der Waals surface area (Å²) in [5.74, 6) is 0. The minimum Gasteiger partial charge on any atom is -0.293 e. The lowest BCUT2D eigenvalue weighted by molar-refractivity contribution is 0.254. The van der Waals surface area contributed by atoms with Gasteiger partial charge >= 0.3 is 0 Å². The normalized spacial score (nSPS) is 11.4. The quantitative estimate of drug-likeness (QED) is 0.669. The molecule has 3 aromatic rings. The van der Waals surface area contributed by atoms with Crippen molar-refractivity contribution in [3.8, 4) is 0 Å². The van der Waals surface area contributed by atoms with Crippen molar-refractivity contribution in [2.24, 2.45) is 0 Å². The first-order chi connectivity index (χ1) is 12.0. The molecule has 2 heterocycles. The monoisotopic (exact) mass is 355 g/mol. The second kappa shape index (κ2) is 7.81. The van der Waals surface area contributed by atoms with Gasteiger partial charge in [0.25, 0.3) is 5.56 Å². The number of rotatable bonds is 6. The Hall–Kier alpha value is -2.17. The van der Waals surface area contributed by atoms with Crippen molar-refractivity contribution in [3.05, 3.63) is 80.9 Å².